The molecule has 2 atom stereocenters. The molecule has 0 saturated carbocycles. The number of Topliss-reactive ketones (excluding diaryl/α,β-unsaturated/α-hetero) is 1. The van der Waals surface area contributed by atoms with Crippen LogP contribution in [0.4, 0.5) is 5.69 Å². The van der Waals surface area contributed by atoms with E-state index >= 15 is 0 Å². The van der Waals surface area contributed by atoms with Crippen LogP contribution in [-0.2, 0) is 6.42 Å². The van der Waals surface area contributed by atoms with Crippen LogP contribution in [0.3, 0.4) is 0 Å². The molecule has 0 aromatic heterocycles. The quantitative estimate of drug-likeness (QED) is 0.833. The molecule has 0 spiro atoms. The summed E-state index contributed by atoms with van der Waals surface area (Å²) in [5, 5.41) is 3.46. The number of anilines is 1. The molecule has 0 bridgehead atoms. The molecular formula is C18H21NO. The molecule has 1 aliphatic carbocycles. The Hall–Kier alpha value is -1.83. The van der Waals surface area contributed by atoms with Gasteiger partial charge in [-0.1, -0.05) is 51.1 Å². The molecule has 104 valence electrons. The fraction of sp³-hybridized carbons (Fsp3) is 0.389. The Morgan fingerprint density at radius 3 is 2.65 bits per heavy atom. The molecule has 2 aliphatic rings. The topological polar surface area (TPSA) is 29.1 Å². The number of carbonyl (C=O) groups excluding carboxylic acids is 1. The molecule has 0 amide bonds. The first-order valence-corrected chi connectivity index (χ1v) is 7.23. The first-order valence-electron chi connectivity index (χ1n) is 7.23. The van der Waals surface area contributed by atoms with Gasteiger partial charge >= 0.3 is 0 Å². The van der Waals surface area contributed by atoms with Gasteiger partial charge in [0.05, 0.1) is 12.0 Å². The van der Waals surface area contributed by atoms with Gasteiger partial charge in [-0.05, 0) is 29.5 Å². The van der Waals surface area contributed by atoms with Crippen molar-refractivity contribution < 1.29 is 4.79 Å². The molecule has 0 fully saturated rings. The Morgan fingerprint density at radius 2 is 1.90 bits per heavy atom. The number of ketones is 1. The van der Waals surface area contributed by atoms with Crippen LogP contribution >= 0.6 is 0 Å². The van der Waals surface area contributed by atoms with E-state index < -0.39 is 0 Å². The van der Waals surface area contributed by atoms with E-state index in [2.05, 4.69) is 50.4 Å². The Kier molecular flexibility index (Phi) is 3.04. The summed E-state index contributed by atoms with van der Waals surface area (Å²) in [4.78, 5) is 12.6. The molecule has 1 aromatic carbocycles. The lowest BCUT2D eigenvalue weighted by Crippen LogP contribution is -2.38. The molecule has 2 unspecified atom stereocenters. The minimum Gasteiger partial charge on any atom is -0.377 e. The predicted molar refractivity (Wildman–Crippen MR) is 83.1 cm³/mol. The molecule has 3 rings (SSSR count). The van der Waals surface area contributed by atoms with Gasteiger partial charge in [-0.2, -0.15) is 0 Å². The van der Waals surface area contributed by atoms with Crippen molar-refractivity contribution in [3.8, 4) is 0 Å². The van der Waals surface area contributed by atoms with Crippen LogP contribution in [-0.4, -0.2) is 11.8 Å². The number of rotatable bonds is 1. The Balaban J connectivity index is 1.96. The molecule has 0 saturated heterocycles. The second-order valence-electron chi connectivity index (χ2n) is 6.95. The highest BCUT2D eigenvalue weighted by Crippen LogP contribution is 2.33. The van der Waals surface area contributed by atoms with Gasteiger partial charge in [-0.15, -0.1) is 0 Å². The van der Waals surface area contributed by atoms with Crippen LogP contribution in [0.1, 0.15) is 36.7 Å². The van der Waals surface area contributed by atoms with Gasteiger partial charge in [0.2, 0.25) is 0 Å². The number of hydrogen-bond acceptors (Lipinski definition) is 2. The number of nitrogens with one attached hydrogen (secondary N) is 1. The van der Waals surface area contributed by atoms with Crippen molar-refractivity contribution in [1.29, 1.82) is 0 Å². The molecule has 20 heavy (non-hydrogen) atoms. The van der Waals surface area contributed by atoms with E-state index in [1.54, 1.807) is 0 Å². The first kappa shape index (κ1) is 13.2. The lowest BCUT2D eigenvalue weighted by atomic mass is 9.81. The van der Waals surface area contributed by atoms with E-state index in [-0.39, 0.29) is 23.2 Å². The third-order valence-corrected chi connectivity index (χ3v) is 3.84. The highest BCUT2D eigenvalue weighted by Gasteiger charge is 2.33. The summed E-state index contributed by atoms with van der Waals surface area (Å²) in [6.07, 6.45) is 9.01. The maximum atomic E-state index is 12.6. The minimum atomic E-state index is -0.0580. The predicted octanol–water partition coefficient (Wildman–Crippen LogP) is 3.99. The monoisotopic (exact) mass is 267 g/mol. The fourth-order valence-electron chi connectivity index (χ4n) is 3.00. The summed E-state index contributed by atoms with van der Waals surface area (Å²) >= 11 is 0. The van der Waals surface area contributed by atoms with E-state index in [9.17, 15) is 4.79 Å². The highest BCUT2D eigenvalue weighted by molar-refractivity contribution is 6.06. The van der Waals surface area contributed by atoms with Gasteiger partial charge in [0, 0.05) is 11.3 Å². The molecule has 1 heterocycles. The van der Waals surface area contributed by atoms with Crippen LogP contribution in [0.15, 0.2) is 42.5 Å². The maximum absolute atomic E-state index is 12.6. The van der Waals surface area contributed by atoms with Gasteiger partial charge in [0.25, 0.3) is 0 Å². The molecule has 2 nitrogen and oxygen atoms in total. The van der Waals surface area contributed by atoms with E-state index in [1.165, 1.54) is 5.56 Å². The van der Waals surface area contributed by atoms with Crippen LogP contribution in [0, 0.1) is 11.3 Å². The summed E-state index contributed by atoms with van der Waals surface area (Å²) in [6.45, 7) is 6.66. The van der Waals surface area contributed by atoms with Crippen molar-refractivity contribution in [2.24, 2.45) is 11.3 Å². The van der Waals surface area contributed by atoms with Gasteiger partial charge in [0.15, 0.2) is 5.78 Å². The first-order chi connectivity index (χ1) is 9.44. The van der Waals surface area contributed by atoms with Crippen molar-refractivity contribution in [2.75, 3.05) is 5.32 Å². The lowest BCUT2D eigenvalue weighted by molar-refractivity contribution is 0.0935. The highest BCUT2D eigenvalue weighted by atomic mass is 16.1. The Morgan fingerprint density at radius 1 is 1.15 bits per heavy atom. The van der Waals surface area contributed by atoms with Crippen molar-refractivity contribution in [3.05, 3.63) is 53.6 Å². The lowest BCUT2D eigenvalue weighted by Gasteiger charge is -2.32. The molecular weight excluding hydrogens is 246 g/mol. The summed E-state index contributed by atoms with van der Waals surface area (Å²) < 4.78 is 0. The zero-order chi connectivity index (χ0) is 14.3. The van der Waals surface area contributed by atoms with Crippen LogP contribution in [0.5, 0.6) is 0 Å². The maximum Gasteiger partial charge on any atom is 0.174 e. The van der Waals surface area contributed by atoms with Crippen LogP contribution < -0.4 is 5.32 Å². The summed E-state index contributed by atoms with van der Waals surface area (Å²) in [6, 6.07) is 6.36. The normalized spacial score (nSPS) is 24.1. The van der Waals surface area contributed by atoms with Crippen molar-refractivity contribution >= 4 is 11.5 Å². The second kappa shape index (κ2) is 4.62. The SMILES string of the molecule is CC(C)(C)Cc1ccc2c(c1)C(=O)C1C=CC=CC1N2. The Bertz CT molecular complexity index is 604. The summed E-state index contributed by atoms with van der Waals surface area (Å²) in [5.41, 5.74) is 3.28. The van der Waals surface area contributed by atoms with Gasteiger partial charge < -0.3 is 5.32 Å². The average Bonchev–Trinajstić information content (AvgIpc) is 2.38. The second-order valence-corrected chi connectivity index (χ2v) is 6.95. The fourth-order valence-corrected chi connectivity index (χ4v) is 3.00. The molecule has 1 aliphatic heterocycles. The largest absolute Gasteiger partial charge is 0.377 e. The van der Waals surface area contributed by atoms with Crippen LogP contribution in [0.25, 0.3) is 0 Å². The van der Waals surface area contributed by atoms with Crippen molar-refractivity contribution in [1.82, 2.24) is 0 Å². The molecule has 1 aromatic rings. The van der Waals surface area contributed by atoms with E-state index in [4.69, 9.17) is 0 Å². The van der Waals surface area contributed by atoms with E-state index in [0.29, 0.717) is 0 Å². The van der Waals surface area contributed by atoms with Gasteiger partial charge in [-0.3, -0.25) is 4.79 Å². The van der Waals surface area contributed by atoms with E-state index in [0.717, 1.165) is 17.7 Å². The number of fused-ring (bicyclic) bond motifs is 2. The standard InChI is InChI=1S/C18H21NO/c1-18(2,3)11-12-8-9-16-14(10-12)17(20)13-6-4-5-7-15(13)19-16/h4-10,13,15,19H,11H2,1-3H3. The number of allylic oxidation sites excluding steroid dienone is 2. The van der Waals surface area contributed by atoms with Crippen LogP contribution in [0.2, 0.25) is 0 Å². The zero-order valence-electron chi connectivity index (χ0n) is 12.3. The minimum absolute atomic E-state index is 0.0580. The number of hydrogen-bond donors (Lipinski definition) is 1. The Labute approximate surface area is 120 Å². The smallest absolute Gasteiger partial charge is 0.174 e. The number of benzene rings is 1. The average molecular weight is 267 g/mol. The molecule has 0 radical (unpaired) electrons. The number of carbonyl (C=O) groups is 1. The zero-order valence-corrected chi connectivity index (χ0v) is 12.3. The third kappa shape index (κ3) is 2.43. The van der Waals surface area contributed by atoms with E-state index in [1.807, 2.05) is 18.2 Å². The summed E-state index contributed by atoms with van der Waals surface area (Å²) in [7, 11) is 0. The third-order valence-electron chi connectivity index (χ3n) is 3.84. The van der Waals surface area contributed by atoms with Gasteiger partial charge in [0.1, 0.15) is 0 Å². The van der Waals surface area contributed by atoms with Crippen molar-refractivity contribution in [2.45, 2.75) is 33.2 Å². The van der Waals surface area contributed by atoms with Gasteiger partial charge in [-0.25, -0.2) is 0 Å². The molecule has 2 heteroatoms. The molecule has 1 N–H and O–H groups in total. The summed E-state index contributed by atoms with van der Waals surface area (Å²) in [5.74, 6) is 0.178. The van der Waals surface area contributed by atoms with Crippen molar-refractivity contribution in [3.63, 3.8) is 0 Å².